The van der Waals surface area contributed by atoms with E-state index in [0.29, 0.717) is 13.3 Å². The van der Waals surface area contributed by atoms with Crippen LogP contribution < -0.4 is 0 Å². The van der Waals surface area contributed by atoms with Crippen molar-refractivity contribution in [2.75, 3.05) is 13.2 Å². The van der Waals surface area contributed by atoms with Crippen molar-refractivity contribution < 1.29 is 14.3 Å². The van der Waals surface area contributed by atoms with Gasteiger partial charge in [0.2, 0.25) is 0 Å². The Kier molecular flexibility index (Phi) is 7.75. The van der Waals surface area contributed by atoms with Crippen molar-refractivity contribution >= 4 is 30.9 Å². The first-order valence-corrected chi connectivity index (χ1v) is 15.0. The number of benzene rings is 2. The fourth-order valence-electron chi connectivity index (χ4n) is 3.96. The highest BCUT2D eigenvalue weighted by Gasteiger charge is 2.20. The summed E-state index contributed by atoms with van der Waals surface area (Å²) in [5.74, 6) is -0.326. The van der Waals surface area contributed by atoms with Gasteiger partial charge in [0.15, 0.2) is 0 Å². The van der Waals surface area contributed by atoms with Crippen LogP contribution in [0.25, 0.3) is 28.0 Å². The van der Waals surface area contributed by atoms with Gasteiger partial charge in [0.05, 0.1) is 6.61 Å². The second-order valence-electron chi connectivity index (χ2n) is 9.35. The second kappa shape index (κ2) is 10.3. The van der Waals surface area contributed by atoms with Gasteiger partial charge in [-0.1, -0.05) is 62.1 Å². The molecule has 170 valence electrons. The number of fused-ring (bicyclic) bond motifs is 1. The molecule has 0 aliphatic rings. The molecular weight excluding hydrogens is 414 g/mol. The molecule has 3 aromatic rings. The van der Waals surface area contributed by atoms with Crippen molar-refractivity contribution in [3.63, 3.8) is 0 Å². The third-order valence-corrected chi connectivity index (χ3v) is 7.48. The highest BCUT2D eigenvalue weighted by atomic mass is 28.3. The fourth-order valence-corrected chi connectivity index (χ4v) is 4.72. The number of rotatable bonds is 9. The minimum atomic E-state index is -1.14. The predicted molar refractivity (Wildman–Crippen MR) is 137 cm³/mol. The predicted octanol–water partition coefficient (Wildman–Crippen LogP) is 6.81. The van der Waals surface area contributed by atoms with Crippen LogP contribution in [0.1, 0.15) is 23.9 Å². The summed E-state index contributed by atoms with van der Waals surface area (Å²) < 4.78 is 13.4. The number of hydrogen-bond acceptors (Lipinski definition) is 3. The van der Waals surface area contributed by atoms with Crippen molar-refractivity contribution in [1.82, 2.24) is 4.57 Å². The van der Waals surface area contributed by atoms with Gasteiger partial charge in [0, 0.05) is 43.3 Å². The summed E-state index contributed by atoms with van der Waals surface area (Å²) in [7, 11) is -1.14. The molecule has 0 atom stereocenters. The Hall–Kier alpha value is -2.63. The number of nitrogens with zero attached hydrogens (tertiary/aromatic N) is 1. The molecule has 0 fully saturated rings. The van der Waals surface area contributed by atoms with E-state index in [2.05, 4.69) is 80.5 Å². The Labute approximate surface area is 192 Å². The molecular formula is C27H35NO3Si. The Morgan fingerprint density at radius 1 is 1.03 bits per heavy atom. The van der Waals surface area contributed by atoms with Crippen molar-refractivity contribution in [3.05, 3.63) is 65.5 Å². The van der Waals surface area contributed by atoms with Gasteiger partial charge in [0.25, 0.3) is 0 Å². The lowest BCUT2D eigenvalue weighted by atomic mass is 9.95. The molecule has 0 radical (unpaired) electrons. The molecule has 1 aromatic heterocycles. The number of aromatic nitrogens is 1. The van der Waals surface area contributed by atoms with E-state index in [9.17, 15) is 4.79 Å². The summed E-state index contributed by atoms with van der Waals surface area (Å²) >= 11 is 0. The lowest BCUT2D eigenvalue weighted by Gasteiger charge is -2.16. The molecule has 0 aliphatic carbocycles. The van der Waals surface area contributed by atoms with Gasteiger partial charge in [-0.05, 0) is 49.2 Å². The molecule has 0 saturated heterocycles. The summed E-state index contributed by atoms with van der Waals surface area (Å²) in [6.45, 7) is 14.8. The van der Waals surface area contributed by atoms with Crippen LogP contribution in [0.5, 0.6) is 0 Å². The maximum absolute atomic E-state index is 12.0. The summed E-state index contributed by atoms with van der Waals surface area (Å²) in [5, 5.41) is 2.39. The van der Waals surface area contributed by atoms with Crippen molar-refractivity contribution in [3.8, 4) is 11.1 Å². The molecule has 0 bridgehead atoms. The summed E-state index contributed by atoms with van der Waals surface area (Å²) in [6, 6.07) is 15.9. The molecule has 2 aromatic carbocycles. The molecule has 0 saturated carbocycles. The number of esters is 1. The van der Waals surface area contributed by atoms with Crippen LogP contribution in [0, 0.1) is 13.8 Å². The van der Waals surface area contributed by atoms with E-state index in [0.717, 1.165) is 40.7 Å². The van der Waals surface area contributed by atoms with Gasteiger partial charge < -0.3 is 14.0 Å². The lowest BCUT2D eigenvalue weighted by Crippen LogP contribution is -2.22. The van der Waals surface area contributed by atoms with E-state index < -0.39 is 8.07 Å². The smallest absolute Gasteiger partial charge is 0.330 e. The van der Waals surface area contributed by atoms with E-state index >= 15 is 0 Å². The molecule has 0 unspecified atom stereocenters. The maximum Gasteiger partial charge on any atom is 0.330 e. The van der Waals surface area contributed by atoms with Crippen LogP contribution in [-0.2, 0) is 21.0 Å². The van der Waals surface area contributed by atoms with Gasteiger partial charge in [0.1, 0.15) is 6.73 Å². The highest BCUT2D eigenvalue weighted by Crippen LogP contribution is 2.37. The molecule has 32 heavy (non-hydrogen) atoms. The molecule has 0 N–H and O–H groups in total. The van der Waals surface area contributed by atoms with Gasteiger partial charge in [-0.25, -0.2) is 4.79 Å². The van der Waals surface area contributed by atoms with Gasteiger partial charge >= 0.3 is 5.97 Å². The van der Waals surface area contributed by atoms with Gasteiger partial charge in [-0.3, -0.25) is 0 Å². The summed E-state index contributed by atoms with van der Waals surface area (Å²) in [5.41, 5.74) is 5.54. The van der Waals surface area contributed by atoms with Crippen LogP contribution in [0.3, 0.4) is 0 Å². The Morgan fingerprint density at radius 3 is 2.47 bits per heavy atom. The van der Waals surface area contributed by atoms with Crippen LogP contribution in [0.2, 0.25) is 25.7 Å². The average molecular weight is 450 g/mol. The Morgan fingerprint density at radius 2 is 1.75 bits per heavy atom. The zero-order valence-corrected chi connectivity index (χ0v) is 21.2. The normalized spacial score (nSPS) is 12.1. The van der Waals surface area contributed by atoms with E-state index in [1.165, 1.54) is 16.8 Å². The SMILES string of the molecule is CCOC(=O)/C=C/c1c(-c2cccc3ccccc23)c(C)n(COCC[Si](C)(C)C)c1C. The van der Waals surface area contributed by atoms with Crippen molar-refractivity contribution in [2.45, 2.75) is 53.2 Å². The molecule has 3 rings (SSSR count). The first-order valence-electron chi connectivity index (χ1n) is 11.3. The average Bonchev–Trinajstić information content (AvgIpc) is 2.98. The summed E-state index contributed by atoms with van der Waals surface area (Å²) in [6.07, 6.45) is 3.41. The molecule has 0 amide bonds. The largest absolute Gasteiger partial charge is 0.463 e. The quantitative estimate of drug-likeness (QED) is 0.156. The van der Waals surface area contributed by atoms with Crippen LogP contribution >= 0.6 is 0 Å². The van der Waals surface area contributed by atoms with Crippen LogP contribution in [0.4, 0.5) is 0 Å². The monoisotopic (exact) mass is 449 g/mol. The third-order valence-electron chi connectivity index (χ3n) is 5.78. The zero-order valence-electron chi connectivity index (χ0n) is 20.2. The first-order chi connectivity index (χ1) is 15.2. The van der Waals surface area contributed by atoms with Crippen LogP contribution in [0.15, 0.2) is 48.5 Å². The summed E-state index contributed by atoms with van der Waals surface area (Å²) in [4.78, 5) is 12.0. The Bertz CT molecular complexity index is 1120. The van der Waals surface area contributed by atoms with Gasteiger partial charge in [-0.2, -0.15) is 0 Å². The van der Waals surface area contributed by atoms with E-state index in [1.807, 2.05) is 13.0 Å². The maximum atomic E-state index is 12.0. The van der Waals surface area contributed by atoms with E-state index in [1.54, 1.807) is 0 Å². The fraction of sp³-hybridized carbons (Fsp3) is 0.370. The van der Waals surface area contributed by atoms with Crippen molar-refractivity contribution in [2.24, 2.45) is 0 Å². The third kappa shape index (κ3) is 5.58. The van der Waals surface area contributed by atoms with E-state index in [-0.39, 0.29) is 5.97 Å². The van der Waals surface area contributed by atoms with Gasteiger partial charge in [-0.15, -0.1) is 0 Å². The van der Waals surface area contributed by atoms with E-state index in [4.69, 9.17) is 9.47 Å². The number of carbonyl (C=O) groups excluding carboxylic acids is 1. The second-order valence-corrected chi connectivity index (χ2v) is 15.0. The minimum absolute atomic E-state index is 0.326. The number of carbonyl (C=O) groups is 1. The molecule has 0 aliphatic heterocycles. The van der Waals surface area contributed by atoms with Crippen LogP contribution in [-0.4, -0.2) is 31.8 Å². The minimum Gasteiger partial charge on any atom is -0.463 e. The molecule has 0 spiro atoms. The lowest BCUT2D eigenvalue weighted by molar-refractivity contribution is -0.137. The Balaban J connectivity index is 2.06. The van der Waals surface area contributed by atoms with Crippen molar-refractivity contribution in [1.29, 1.82) is 0 Å². The molecule has 4 nitrogen and oxygen atoms in total. The molecule has 1 heterocycles. The highest BCUT2D eigenvalue weighted by molar-refractivity contribution is 6.76. The topological polar surface area (TPSA) is 40.5 Å². The number of hydrogen-bond donors (Lipinski definition) is 0. The standard InChI is InChI=1S/C27H35NO3Si/c1-7-31-26(29)16-15-23-20(2)28(19-30-17-18-32(4,5)6)21(3)27(23)25-14-10-12-22-11-8-9-13-24(22)25/h8-16H,7,17-19H2,1-6H3/b16-15+. The molecule has 5 heteroatoms. The first kappa shape index (κ1) is 24.0. The zero-order chi connectivity index (χ0) is 23.3. The number of ether oxygens (including phenoxy) is 2.